The van der Waals surface area contributed by atoms with Crippen LogP contribution in [0.2, 0.25) is 5.02 Å². The van der Waals surface area contributed by atoms with Crippen LogP contribution in [-0.4, -0.2) is 86.0 Å². The normalized spacial score (nSPS) is 21.2. The third-order valence-electron chi connectivity index (χ3n) is 5.73. The molecule has 2 aliphatic heterocycles. The molecule has 0 radical (unpaired) electrons. The van der Waals surface area contributed by atoms with Gasteiger partial charge < -0.3 is 14.5 Å². The Morgan fingerprint density at radius 2 is 1.86 bits per heavy atom. The minimum atomic E-state index is -0.0755. The topological polar surface area (TPSA) is 53.1 Å². The molecule has 0 N–H and O–H groups in total. The fourth-order valence-corrected chi connectivity index (χ4v) is 4.04. The highest BCUT2D eigenvalue weighted by Crippen LogP contribution is 2.21. The van der Waals surface area contributed by atoms with Crippen LogP contribution in [0.5, 0.6) is 0 Å². The van der Waals surface area contributed by atoms with Crippen LogP contribution in [0.1, 0.15) is 18.4 Å². The molecule has 1 aromatic carbocycles. The Kier molecular flexibility index (Phi) is 7.71. The van der Waals surface area contributed by atoms with Crippen molar-refractivity contribution in [2.75, 3.05) is 59.5 Å². The third kappa shape index (κ3) is 5.69. The van der Waals surface area contributed by atoms with Gasteiger partial charge in [-0.25, -0.2) is 0 Å². The Hall–Kier alpha value is -1.63. The van der Waals surface area contributed by atoms with Gasteiger partial charge in [-0.15, -0.1) is 0 Å². The van der Waals surface area contributed by atoms with Crippen molar-refractivity contribution < 1.29 is 14.3 Å². The van der Waals surface area contributed by atoms with Crippen molar-refractivity contribution in [3.63, 3.8) is 0 Å². The van der Waals surface area contributed by atoms with Crippen molar-refractivity contribution in [2.45, 2.75) is 19.3 Å². The molecule has 0 unspecified atom stereocenters. The zero-order valence-electron chi connectivity index (χ0n) is 16.6. The molecule has 154 valence electrons. The maximum absolute atomic E-state index is 13.0. The summed E-state index contributed by atoms with van der Waals surface area (Å²) in [6, 6.07) is 7.71. The SMILES string of the molecule is COCCN1CCN(C(=O)[C@H]2CCC(=O)N(CCc3ccc(Cl)cc3)C2)CC1. The van der Waals surface area contributed by atoms with Gasteiger partial charge in [0.2, 0.25) is 11.8 Å². The minimum absolute atomic E-state index is 0.0755. The van der Waals surface area contributed by atoms with E-state index in [4.69, 9.17) is 16.3 Å². The Labute approximate surface area is 172 Å². The molecule has 2 aliphatic rings. The van der Waals surface area contributed by atoms with E-state index in [1.54, 1.807) is 7.11 Å². The quantitative estimate of drug-likeness (QED) is 0.692. The van der Waals surface area contributed by atoms with Crippen LogP contribution in [0.3, 0.4) is 0 Å². The van der Waals surface area contributed by atoms with Gasteiger partial charge in [0, 0.05) is 64.4 Å². The summed E-state index contributed by atoms with van der Waals surface area (Å²) in [5.41, 5.74) is 1.15. The van der Waals surface area contributed by atoms with Crippen LogP contribution in [0.25, 0.3) is 0 Å². The second kappa shape index (κ2) is 10.2. The number of piperazine rings is 1. The predicted molar refractivity (Wildman–Crippen MR) is 109 cm³/mol. The van der Waals surface area contributed by atoms with Crippen molar-refractivity contribution in [1.29, 1.82) is 0 Å². The average Bonchev–Trinajstić information content (AvgIpc) is 2.72. The number of carbonyl (C=O) groups excluding carboxylic acids is 2. The molecule has 0 aliphatic carbocycles. The van der Waals surface area contributed by atoms with E-state index in [2.05, 4.69) is 4.90 Å². The highest BCUT2D eigenvalue weighted by atomic mass is 35.5. The molecular weight excluding hydrogens is 378 g/mol. The van der Waals surface area contributed by atoms with Crippen molar-refractivity contribution in [1.82, 2.24) is 14.7 Å². The van der Waals surface area contributed by atoms with Crippen molar-refractivity contribution in [3.8, 4) is 0 Å². The van der Waals surface area contributed by atoms with E-state index in [9.17, 15) is 9.59 Å². The molecule has 3 rings (SSSR count). The molecule has 0 aromatic heterocycles. The van der Waals surface area contributed by atoms with Crippen molar-refractivity contribution in [2.24, 2.45) is 5.92 Å². The zero-order chi connectivity index (χ0) is 19.9. The summed E-state index contributed by atoms with van der Waals surface area (Å²) in [7, 11) is 1.71. The van der Waals surface area contributed by atoms with E-state index in [1.165, 1.54) is 0 Å². The molecule has 2 heterocycles. The Bertz CT molecular complexity index is 659. The fraction of sp³-hybridized carbons (Fsp3) is 0.619. The minimum Gasteiger partial charge on any atom is -0.383 e. The van der Waals surface area contributed by atoms with Crippen molar-refractivity contribution >= 4 is 23.4 Å². The fourth-order valence-electron chi connectivity index (χ4n) is 3.92. The second-order valence-corrected chi connectivity index (χ2v) is 8.05. The standard InChI is InChI=1S/C21H30ClN3O3/c1-28-15-14-23-10-12-24(13-11-23)21(27)18-4-7-20(26)25(16-18)9-8-17-2-5-19(22)6-3-17/h2-3,5-6,18H,4,7-16H2,1H3/t18-/m0/s1. The van der Waals surface area contributed by atoms with Crippen LogP contribution in [-0.2, 0) is 20.7 Å². The molecule has 6 nitrogen and oxygen atoms in total. The number of ether oxygens (including phenoxy) is 1. The molecule has 7 heteroatoms. The third-order valence-corrected chi connectivity index (χ3v) is 5.98. The van der Waals surface area contributed by atoms with E-state index in [0.717, 1.165) is 51.3 Å². The van der Waals surface area contributed by atoms with Gasteiger partial charge in [0.1, 0.15) is 0 Å². The molecule has 0 bridgehead atoms. The number of rotatable bonds is 7. The molecule has 1 aromatic rings. The molecule has 2 fully saturated rings. The summed E-state index contributed by atoms with van der Waals surface area (Å²) in [4.78, 5) is 31.4. The molecular formula is C21H30ClN3O3. The summed E-state index contributed by atoms with van der Waals surface area (Å²) in [6.07, 6.45) is 1.91. The first kappa shape index (κ1) is 21.1. The molecule has 0 saturated carbocycles. The first-order valence-electron chi connectivity index (χ1n) is 10.1. The average molecular weight is 408 g/mol. The van der Waals surface area contributed by atoms with Crippen LogP contribution in [0, 0.1) is 5.92 Å². The monoisotopic (exact) mass is 407 g/mol. The van der Waals surface area contributed by atoms with Gasteiger partial charge in [-0.05, 0) is 30.5 Å². The number of halogens is 1. The van der Waals surface area contributed by atoms with Gasteiger partial charge in [-0.2, -0.15) is 0 Å². The molecule has 2 saturated heterocycles. The predicted octanol–water partition coefficient (Wildman–Crippen LogP) is 1.91. The Morgan fingerprint density at radius 3 is 2.54 bits per heavy atom. The number of nitrogens with zero attached hydrogens (tertiary/aromatic N) is 3. The summed E-state index contributed by atoms with van der Waals surface area (Å²) in [5.74, 6) is 0.284. The summed E-state index contributed by atoms with van der Waals surface area (Å²) in [6.45, 7) is 6.12. The number of piperidine rings is 1. The summed E-state index contributed by atoms with van der Waals surface area (Å²) < 4.78 is 5.13. The first-order valence-corrected chi connectivity index (χ1v) is 10.5. The number of benzene rings is 1. The highest BCUT2D eigenvalue weighted by molar-refractivity contribution is 6.30. The van der Waals surface area contributed by atoms with E-state index in [1.807, 2.05) is 34.1 Å². The van der Waals surface area contributed by atoms with Crippen LogP contribution >= 0.6 is 11.6 Å². The molecule has 1 atom stereocenters. The van der Waals surface area contributed by atoms with Gasteiger partial charge in [-0.3, -0.25) is 14.5 Å². The molecule has 0 spiro atoms. The smallest absolute Gasteiger partial charge is 0.227 e. The Balaban J connectivity index is 1.48. The lowest BCUT2D eigenvalue weighted by molar-refractivity contribution is -0.144. The number of methoxy groups -OCH3 is 1. The number of hydrogen-bond acceptors (Lipinski definition) is 4. The summed E-state index contributed by atoms with van der Waals surface area (Å²) in [5, 5.41) is 0.714. The second-order valence-electron chi connectivity index (χ2n) is 7.61. The lowest BCUT2D eigenvalue weighted by Crippen LogP contribution is -2.53. The van der Waals surface area contributed by atoms with E-state index >= 15 is 0 Å². The number of likely N-dealkylation sites (tertiary alicyclic amines) is 1. The van der Waals surface area contributed by atoms with Crippen LogP contribution in [0.15, 0.2) is 24.3 Å². The van der Waals surface area contributed by atoms with Crippen LogP contribution < -0.4 is 0 Å². The number of hydrogen-bond donors (Lipinski definition) is 0. The van der Waals surface area contributed by atoms with E-state index < -0.39 is 0 Å². The van der Waals surface area contributed by atoms with E-state index in [-0.39, 0.29) is 17.7 Å². The van der Waals surface area contributed by atoms with E-state index in [0.29, 0.717) is 31.0 Å². The Morgan fingerprint density at radius 1 is 1.14 bits per heavy atom. The maximum Gasteiger partial charge on any atom is 0.227 e. The largest absolute Gasteiger partial charge is 0.383 e. The van der Waals surface area contributed by atoms with Gasteiger partial charge in [0.25, 0.3) is 0 Å². The summed E-state index contributed by atoms with van der Waals surface area (Å²) >= 11 is 5.93. The van der Waals surface area contributed by atoms with Gasteiger partial charge >= 0.3 is 0 Å². The number of amides is 2. The highest BCUT2D eigenvalue weighted by Gasteiger charge is 2.33. The molecule has 28 heavy (non-hydrogen) atoms. The van der Waals surface area contributed by atoms with Gasteiger partial charge in [0.15, 0.2) is 0 Å². The molecule has 2 amide bonds. The lowest BCUT2D eigenvalue weighted by Gasteiger charge is -2.39. The zero-order valence-corrected chi connectivity index (χ0v) is 17.4. The maximum atomic E-state index is 13.0. The van der Waals surface area contributed by atoms with Crippen LogP contribution in [0.4, 0.5) is 0 Å². The van der Waals surface area contributed by atoms with Crippen molar-refractivity contribution in [3.05, 3.63) is 34.9 Å². The first-order chi connectivity index (χ1) is 13.6. The number of carbonyl (C=O) groups is 2. The van der Waals surface area contributed by atoms with Gasteiger partial charge in [-0.1, -0.05) is 23.7 Å². The lowest BCUT2D eigenvalue weighted by atomic mass is 9.95. The van der Waals surface area contributed by atoms with Gasteiger partial charge in [0.05, 0.1) is 12.5 Å².